The van der Waals surface area contributed by atoms with Crippen molar-refractivity contribution in [1.29, 1.82) is 0 Å². The van der Waals surface area contributed by atoms with Crippen LogP contribution in [0.4, 0.5) is 11.4 Å². The highest BCUT2D eigenvalue weighted by Gasteiger charge is 2.19. The second kappa shape index (κ2) is 9.00. The highest BCUT2D eigenvalue weighted by Crippen LogP contribution is 2.32. The second-order valence-corrected chi connectivity index (χ2v) is 11.4. The number of sulfonamides is 1. The molecule has 3 aromatic carbocycles. The molecule has 0 bridgehead atoms. The molecule has 0 saturated heterocycles. The molecule has 1 aromatic heterocycles. The summed E-state index contributed by atoms with van der Waals surface area (Å²) in [5, 5.41) is 3.83. The summed E-state index contributed by atoms with van der Waals surface area (Å²) in [6, 6.07) is 21.1. The number of carbonyl (C=O) groups excluding carboxylic acids is 1. The molecule has 7 heteroatoms. The van der Waals surface area contributed by atoms with E-state index in [1.165, 1.54) is 21.9 Å². The van der Waals surface area contributed by atoms with Crippen molar-refractivity contribution in [3.8, 4) is 0 Å². The summed E-state index contributed by atoms with van der Waals surface area (Å²) in [6.45, 7) is 6.19. The maximum absolute atomic E-state index is 12.9. The fourth-order valence-electron chi connectivity index (χ4n) is 3.61. The number of nitrogens with one attached hydrogen (secondary N) is 1. The van der Waals surface area contributed by atoms with Gasteiger partial charge in [0.15, 0.2) is 0 Å². The minimum atomic E-state index is -3.50. The van der Waals surface area contributed by atoms with Crippen LogP contribution in [0.3, 0.4) is 0 Å². The summed E-state index contributed by atoms with van der Waals surface area (Å²) in [6.07, 6.45) is 1.21. The Morgan fingerprint density at radius 2 is 1.61 bits per heavy atom. The number of thiophene rings is 1. The third-order valence-corrected chi connectivity index (χ3v) is 7.76. The van der Waals surface area contributed by atoms with Crippen molar-refractivity contribution in [1.82, 2.24) is 0 Å². The lowest BCUT2D eigenvalue weighted by Gasteiger charge is -2.22. The maximum Gasteiger partial charge on any atom is 0.265 e. The molecular weight excluding hydrogens is 452 g/mol. The molecule has 0 aliphatic heterocycles. The SMILES string of the molecule is Cc1ccc(CN(c2ccc3sc(C(=O)Nc4cc(C)ccc4C)cc3c2)S(C)(=O)=O)cc1. The number of amides is 1. The van der Waals surface area contributed by atoms with Crippen molar-refractivity contribution in [2.75, 3.05) is 15.9 Å². The number of rotatable bonds is 6. The second-order valence-electron chi connectivity index (χ2n) is 8.36. The summed E-state index contributed by atoms with van der Waals surface area (Å²) < 4.78 is 27.5. The Bertz CT molecular complexity index is 1440. The van der Waals surface area contributed by atoms with E-state index in [9.17, 15) is 13.2 Å². The lowest BCUT2D eigenvalue weighted by Crippen LogP contribution is -2.29. The van der Waals surface area contributed by atoms with Crippen molar-refractivity contribution < 1.29 is 13.2 Å². The third kappa shape index (κ3) is 5.26. The molecule has 0 spiro atoms. The van der Waals surface area contributed by atoms with Crippen LogP contribution in [-0.2, 0) is 16.6 Å². The topological polar surface area (TPSA) is 66.5 Å². The Kier molecular flexibility index (Phi) is 6.28. The van der Waals surface area contributed by atoms with Gasteiger partial charge < -0.3 is 5.32 Å². The van der Waals surface area contributed by atoms with Gasteiger partial charge >= 0.3 is 0 Å². The van der Waals surface area contributed by atoms with Gasteiger partial charge in [0.05, 0.1) is 23.4 Å². The molecule has 4 rings (SSSR count). The quantitative estimate of drug-likeness (QED) is 0.367. The zero-order chi connectivity index (χ0) is 23.8. The molecule has 1 heterocycles. The van der Waals surface area contributed by atoms with E-state index in [1.807, 2.05) is 81.4 Å². The number of nitrogens with zero attached hydrogens (tertiary/aromatic N) is 1. The van der Waals surface area contributed by atoms with Crippen molar-refractivity contribution in [3.05, 3.63) is 93.9 Å². The molecule has 0 aliphatic rings. The van der Waals surface area contributed by atoms with Gasteiger partial charge in [0, 0.05) is 10.4 Å². The van der Waals surface area contributed by atoms with Crippen LogP contribution < -0.4 is 9.62 Å². The first-order chi connectivity index (χ1) is 15.6. The van der Waals surface area contributed by atoms with Crippen LogP contribution in [-0.4, -0.2) is 20.6 Å². The number of anilines is 2. The fraction of sp³-hybridized carbons (Fsp3) is 0.192. The molecular formula is C26H26N2O3S2. The van der Waals surface area contributed by atoms with Gasteiger partial charge in [-0.25, -0.2) is 8.42 Å². The molecule has 4 aromatic rings. The van der Waals surface area contributed by atoms with Gasteiger partial charge in [-0.15, -0.1) is 11.3 Å². The van der Waals surface area contributed by atoms with E-state index in [0.717, 1.165) is 38.0 Å². The summed E-state index contributed by atoms with van der Waals surface area (Å²) in [7, 11) is -3.50. The Balaban J connectivity index is 1.63. The molecule has 5 nitrogen and oxygen atoms in total. The molecule has 1 N–H and O–H groups in total. The molecule has 0 radical (unpaired) electrons. The monoisotopic (exact) mass is 478 g/mol. The van der Waals surface area contributed by atoms with Crippen LogP contribution in [0.2, 0.25) is 0 Å². The highest BCUT2D eigenvalue weighted by molar-refractivity contribution is 7.92. The molecule has 0 fully saturated rings. The standard InChI is InChI=1S/C26H26N2O3S2/c1-17-6-9-20(10-7-17)16-28(33(4,30)31)22-11-12-24-21(14-22)15-25(32-24)26(29)27-23-13-18(2)5-8-19(23)3/h5-15H,16H2,1-4H3,(H,27,29). The number of benzene rings is 3. The van der Waals surface area contributed by atoms with Crippen molar-refractivity contribution in [2.24, 2.45) is 0 Å². The third-order valence-electron chi connectivity index (χ3n) is 5.50. The van der Waals surface area contributed by atoms with Gasteiger partial charge in [-0.2, -0.15) is 0 Å². The Hall–Kier alpha value is -3.16. The minimum absolute atomic E-state index is 0.175. The molecule has 0 aliphatic carbocycles. The van der Waals surface area contributed by atoms with Gasteiger partial charge in [0.2, 0.25) is 10.0 Å². The minimum Gasteiger partial charge on any atom is -0.321 e. The van der Waals surface area contributed by atoms with Crippen LogP contribution in [0, 0.1) is 20.8 Å². The Morgan fingerprint density at radius 3 is 2.30 bits per heavy atom. The van der Waals surface area contributed by atoms with Crippen LogP contribution >= 0.6 is 11.3 Å². The Labute approximate surface area is 198 Å². The largest absolute Gasteiger partial charge is 0.321 e. The van der Waals surface area contributed by atoms with Crippen molar-refractivity contribution in [2.45, 2.75) is 27.3 Å². The highest BCUT2D eigenvalue weighted by atomic mass is 32.2. The average molecular weight is 479 g/mol. The smallest absolute Gasteiger partial charge is 0.265 e. The van der Waals surface area contributed by atoms with Crippen LogP contribution in [0.5, 0.6) is 0 Å². The molecule has 0 saturated carbocycles. The Morgan fingerprint density at radius 1 is 0.909 bits per heavy atom. The first-order valence-electron chi connectivity index (χ1n) is 10.6. The fourth-order valence-corrected chi connectivity index (χ4v) is 5.43. The molecule has 0 unspecified atom stereocenters. The zero-order valence-corrected chi connectivity index (χ0v) is 20.7. The van der Waals surface area contributed by atoms with E-state index in [1.54, 1.807) is 6.07 Å². The van der Waals surface area contributed by atoms with Gasteiger partial charge in [-0.05, 0) is 73.2 Å². The zero-order valence-electron chi connectivity index (χ0n) is 19.0. The first-order valence-corrected chi connectivity index (χ1v) is 13.2. The van der Waals surface area contributed by atoms with E-state index in [-0.39, 0.29) is 12.5 Å². The van der Waals surface area contributed by atoms with Gasteiger partial charge in [-0.1, -0.05) is 42.0 Å². The maximum atomic E-state index is 12.9. The summed E-state index contributed by atoms with van der Waals surface area (Å²) >= 11 is 1.39. The van der Waals surface area contributed by atoms with Crippen LogP contribution in [0.25, 0.3) is 10.1 Å². The van der Waals surface area contributed by atoms with Crippen LogP contribution in [0.1, 0.15) is 31.9 Å². The van der Waals surface area contributed by atoms with E-state index >= 15 is 0 Å². The molecule has 33 heavy (non-hydrogen) atoms. The first kappa shape index (κ1) is 23.0. The lowest BCUT2D eigenvalue weighted by atomic mass is 10.1. The van der Waals surface area contributed by atoms with Gasteiger partial charge in [0.25, 0.3) is 5.91 Å². The van der Waals surface area contributed by atoms with E-state index in [0.29, 0.717) is 10.6 Å². The summed E-state index contributed by atoms with van der Waals surface area (Å²) in [5.74, 6) is -0.175. The number of hydrogen-bond donors (Lipinski definition) is 1. The van der Waals surface area contributed by atoms with E-state index < -0.39 is 10.0 Å². The number of fused-ring (bicyclic) bond motifs is 1. The van der Waals surface area contributed by atoms with Crippen molar-refractivity contribution >= 4 is 48.7 Å². The van der Waals surface area contributed by atoms with Gasteiger partial charge in [-0.3, -0.25) is 9.10 Å². The number of carbonyl (C=O) groups is 1. The van der Waals surface area contributed by atoms with E-state index in [2.05, 4.69) is 5.32 Å². The van der Waals surface area contributed by atoms with Crippen LogP contribution in [0.15, 0.2) is 66.7 Å². The molecule has 0 atom stereocenters. The number of aryl methyl sites for hydroxylation is 3. The van der Waals surface area contributed by atoms with Gasteiger partial charge in [0.1, 0.15) is 0 Å². The summed E-state index contributed by atoms with van der Waals surface area (Å²) in [5.41, 5.74) is 5.47. The summed E-state index contributed by atoms with van der Waals surface area (Å²) in [4.78, 5) is 13.5. The lowest BCUT2D eigenvalue weighted by molar-refractivity contribution is 0.103. The number of hydrogen-bond acceptors (Lipinski definition) is 4. The van der Waals surface area contributed by atoms with Crippen molar-refractivity contribution in [3.63, 3.8) is 0 Å². The molecule has 170 valence electrons. The molecule has 1 amide bonds. The predicted octanol–water partition coefficient (Wildman–Crippen LogP) is 6.05. The van der Waals surface area contributed by atoms with E-state index in [4.69, 9.17) is 0 Å². The predicted molar refractivity (Wildman–Crippen MR) is 138 cm³/mol. The normalized spacial score (nSPS) is 11.5. The average Bonchev–Trinajstić information content (AvgIpc) is 3.18.